The first kappa shape index (κ1) is 9.13. The van der Waals surface area contributed by atoms with Gasteiger partial charge in [0.2, 0.25) is 0 Å². The molecule has 2 rings (SSSR count). The van der Waals surface area contributed by atoms with Gasteiger partial charge in [-0.2, -0.15) is 0 Å². The Hall–Kier alpha value is -2.44. The third-order valence-corrected chi connectivity index (χ3v) is 1.78. The topological polar surface area (TPSA) is 74.8 Å². The molecular formula is C10H6N4O. The Morgan fingerprint density at radius 2 is 2.47 bits per heavy atom. The highest BCUT2D eigenvalue weighted by atomic mass is 16.3. The summed E-state index contributed by atoms with van der Waals surface area (Å²) in [6, 6.07) is 5.46. The maximum Gasteiger partial charge on any atom is 0.181 e. The van der Waals surface area contributed by atoms with Gasteiger partial charge < -0.3 is 4.42 Å². The van der Waals surface area contributed by atoms with Crippen LogP contribution < -0.4 is 0 Å². The minimum absolute atomic E-state index is 0.174. The second kappa shape index (κ2) is 4.18. The van der Waals surface area contributed by atoms with Crippen molar-refractivity contribution < 1.29 is 4.42 Å². The molecule has 1 heterocycles. The highest BCUT2D eigenvalue weighted by Gasteiger charge is 1.97. The highest BCUT2D eigenvalue weighted by Crippen LogP contribution is 2.13. The van der Waals surface area contributed by atoms with Crippen molar-refractivity contribution in [2.75, 3.05) is 6.54 Å². The van der Waals surface area contributed by atoms with E-state index in [0.29, 0.717) is 0 Å². The van der Waals surface area contributed by atoms with Crippen LogP contribution in [0.5, 0.6) is 0 Å². The molecule has 2 aromatic rings. The fraction of sp³-hybridized carbons (Fsp3) is 0.100. The van der Waals surface area contributed by atoms with Crippen LogP contribution in [0.15, 0.2) is 34.1 Å². The Morgan fingerprint density at radius 1 is 1.53 bits per heavy atom. The van der Waals surface area contributed by atoms with E-state index in [0.717, 1.165) is 16.7 Å². The molecule has 15 heavy (non-hydrogen) atoms. The van der Waals surface area contributed by atoms with Gasteiger partial charge in [0.1, 0.15) is 5.52 Å². The summed E-state index contributed by atoms with van der Waals surface area (Å²) in [4.78, 5) is 6.61. The molecule has 0 saturated heterocycles. The molecule has 1 aromatic heterocycles. The molecule has 72 valence electrons. The Kier molecular flexibility index (Phi) is 2.54. The molecule has 0 radical (unpaired) electrons. The van der Waals surface area contributed by atoms with E-state index in [4.69, 9.17) is 9.95 Å². The summed E-state index contributed by atoms with van der Waals surface area (Å²) in [7, 11) is 0. The lowest BCUT2D eigenvalue weighted by molar-refractivity contribution is 0.602. The summed E-state index contributed by atoms with van der Waals surface area (Å²) in [5.41, 5.74) is 10.4. The zero-order valence-electron chi connectivity index (χ0n) is 7.71. The van der Waals surface area contributed by atoms with Crippen LogP contribution in [0.3, 0.4) is 0 Å². The Balaban J connectivity index is 2.26. The molecule has 0 spiro atoms. The van der Waals surface area contributed by atoms with Gasteiger partial charge >= 0.3 is 0 Å². The number of benzene rings is 1. The summed E-state index contributed by atoms with van der Waals surface area (Å²) in [5, 5.41) is 3.31. The van der Waals surface area contributed by atoms with Crippen LogP contribution in [0.1, 0.15) is 5.56 Å². The van der Waals surface area contributed by atoms with Crippen LogP contribution in [0.25, 0.3) is 21.5 Å². The molecule has 0 aliphatic carbocycles. The van der Waals surface area contributed by atoms with Gasteiger partial charge in [-0.15, -0.1) is 0 Å². The minimum Gasteiger partial charge on any atom is -0.443 e. The average molecular weight is 198 g/mol. The number of nitrogens with zero attached hydrogens (tertiary/aromatic N) is 4. The number of aromatic nitrogens is 1. The molecule has 5 nitrogen and oxygen atoms in total. The fourth-order valence-corrected chi connectivity index (χ4v) is 1.14. The zero-order chi connectivity index (χ0) is 10.5. The second-order valence-electron chi connectivity index (χ2n) is 2.73. The van der Waals surface area contributed by atoms with E-state index in [2.05, 4.69) is 26.9 Å². The molecule has 0 N–H and O–H groups in total. The predicted molar refractivity (Wildman–Crippen MR) is 54.9 cm³/mol. The van der Waals surface area contributed by atoms with Crippen LogP contribution in [0.4, 0.5) is 0 Å². The molecule has 0 unspecified atom stereocenters. The molecule has 0 aliphatic rings. The summed E-state index contributed by atoms with van der Waals surface area (Å²) in [6.45, 7) is 0.174. The maximum atomic E-state index is 8.05. The van der Waals surface area contributed by atoms with Crippen LogP contribution in [-0.4, -0.2) is 11.5 Å². The van der Waals surface area contributed by atoms with Gasteiger partial charge in [-0.05, 0) is 23.7 Å². The van der Waals surface area contributed by atoms with Gasteiger partial charge in [0.05, 0.1) is 6.54 Å². The van der Waals surface area contributed by atoms with Crippen molar-refractivity contribution in [2.24, 2.45) is 5.11 Å². The standard InChI is InChI=1S/C10H6N4O/c11-14-13-5-1-2-8-3-4-10-9(6-8)12-7-15-10/h3-4,6-7H,5H2. The molecule has 0 atom stereocenters. The number of fused-ring (bicyclic) bond motifs is 1. The van der Waals surface area contributed by atoms with Crippen molar-refractivity contribution >= 4 is 11.1 Å². The lowest BCUT2D eigenvalue weighted by atomic mass is 10.2. The van der Waals surface area contributed by atoms with Crippen LogP contribution in [-0.2, 0) is 0 Å². The van der Waals surface area contributed by atoms with Crippen LogP contribution in [0.2, 0.25) is 0 Å². The number of hydrogen-bond donors (Lipinski definition) is 0. The van der Waals surface area contributed by atoms with E-state index < -0.39 is 0 Å². The predicted octanol–water partition coefficient (Wildman–Crippen LogP) is 2.49. The number of oxazole rings is 1. The van der Waals surface area contributed by atoms with E-state index in [1.54, 1.807) is 6.07 Å². The van der Waals surface area contributed by atoms with Crippen LogP contribution >= 0.6 is 0 Å². The third kappa shape index (κ3) is 2.08. The van der Waals surface area contributed by atoms with Crippen molar-refractivity contribution in [2.45, 2.75) is 0 Å². The largest absolute Gasteiger partial charge is 0.443 e. The quantitative estimate of drug-likeness (QED) is 0.305. The van der Waals surface area contributed by atoms with Gasteiger partial charge in [0, 0.05) is 10.5 Å². The number of rotatable bonds is 1. The summed E-state index contributed by atoms with van der Waals surface area (Å²) in [6.07, 6.45) is 1.39. The number of hydrogen-bond acceptors (Lipinski definition) is 3. The van der Waals surface area contributed by atoms with E-state index in [1.165, 1.54) is 6.39 Å². The van der Waals surface area contributed by atoms with E-state index >= 15 is 0 Å². The molecule has 0 aliphatic heterocycles. The first-order valence-corrected chi connectivity index (χ1v) is 4.23. The summed E-state index contributed by atoms with van der Waals surface area (Å²) < 4.78 is 5.09. The molecule has 0 fully saturated rings. The fourth-order valence-electron chi connectivity index (χ4n) is 1.14. The summed E-state index contributed by atoms with van der Waals surface area (Å²) >= 11 is 0. The van der Waals surface area contributed by atoms with Gasteiger partial charge in [0.25, 0.3) is 0 Å². The lowest BCUT2D eigenvalue weighted by Crippen LogP contribution is -1.75. The highest BCUT2D eigenvalue weighted by molar-refractivity contribution is 5.73. The Bertz CT molecular complexity index is 584. The maximum absolute atomic E-state index is 8.05. The van der Waals surface area contributed by atoms with Gasteiger partial charge in [-0.3, -0.25) is 0 Å². The van der Waals surface area contributed by atoms with Gasteiger partial charge in [-0.1, -0.05) is 17.0 Å². The third-order valence-electron chi connectivity index (χ3n) is 1.78. The average Bonchev–Trinajstić information content (AvgIpc) is 2.71. The Morgan fingerprint density at radius 3 is 3.33 bits per heavy atom. The van der Waals surface area contributed by atoms with Crippen molar-refractivity contribution in [1.82, 2.24) is 4.98 Å². The van der Waals surface area contributed by atoms with Crippen molar-refractivity contribution in [1.29, 1.82) is 0 Å². The molecule has 0 saturated carbocycles. The minimum atomic E-state index is 0.174. The first-order chi connectivity index (χ1) is 7.40. The second-order valence-corrected chi connectivity index (χ2v) is 2.73. The monoisotopic (exact) mass is 198 g/mol. The molecular weight excluding hydrogens is 192 g/mol. The lowest BCUT2D eigenvalue weighted by Gasteiger charge is -1.88. The van der Waals surface area contributed by atoms with Crippen molar-refractivity contribution in [3.63, 3.8) is 0 Å². The van der Waals surface area contributed by atoms with Crippen molar-refractivity contribution in [3.05, 3.63) is 40.6 Å². The van der Waals surface area contributed by atoms with E-state index in [-0.39, 0.29) is 6.54 Å². The van der Waals surface area contributed by atoms with Gasteiger partial charge in [0.15, 0.2) is 12.0 Å². The SMILES string of the molecule is [N-]=[N+]=NCC#Cc1ccc2ocnc2c1. The molecule has 0 amide bonds. The van der Waals surface area contributed by atoms with E-state index in [1.807, 2.05) is 12.1 Å². The molecule has 0 bridgehead atoms. The van der Waals surface area contributed by atoms with Crippen LogP contribution in [0, 0.1) is 11.8 Å². The smallest absolute Gasteiger partial charge is 0.181 e. The molecule has 5 heteroatoms. The zero-order valence-corrected chi connectivity index (χ0v) is 7.71. The summed E-state index contributed by atoms with van der Waals surface area (Å²) in [5.74, 6) is 5.60. The van der Waals surface area contributed by atoms with E-state index in [9.17, 15) is 0 Å². The van der Waals surface area contributed by atoms with Gasteiger partial charge in [-0.25, -0.2) is 4.98 Å². The van der Waals surface area contributed by atoms with Crippen molar-refractivity contribution in [3.8, 4) is 11.8 Å². The number of azide groups is 1. The first-order valence-electron chi connectivity index (χ1n) is 4.23. The molecule has 1 aromatic carbocycles. The normalized spacial score (nSPS) is 9.07. The Labute approximate surface area is 85.4 Å².